The van der Waals surface area contributed by atoms with Crippen molar-refractivity contribution in [1.29, 1.82) is 5.26 Å². The van der Waals surface area contributed by atoms with Crippen molar-refractivity contribution in [2.24, 2.45) is 0 Å². The smallest absolute Gasteiger partial charge is 0.269 e. The van der Waals surface area contributed by atoms with Crippen LogP contribution in [0.2, 0.25) is 0 Å². The van der Waals surface area contributed by atoms with Crippen molar-refractivity contribution in [2.45, 2.75) is 0 Å². The maximum Gasteiger partial charge on any atom is 0.269 e. The van der Waals surface area contributed by atoms with Crippen molar-refractivity contribution in [3.05, 3.63) is 104 Å². The van der Waals surface area contributed by atoms with Crippen molar-refractivity contribution in [1.82, 2.24) is 0 Å². The minimum absolute atomic E-state index is 0.0102. The molecule has 0 amide bonds. The number of benzene rings is 3. The molecule has 0 aliphatic carbocycles. The molecule has 32 heavy (non-hydrogen) atoms. The molecule has 0 atom stereocenters. The fourth-order valence-corrected chi connectivity index (χ4v) is 2.79. The van der Waals surface area contributed by atoms with Gasteiger partial charge in [-0.3, -0.25) is 20.2 Å². The number of nitro groups is 2. The van der Waals surface area contributed by atoms with Crippen LogP contribution in [0.15, 0.2) is 72.8 Å². The molecular formula is C23H17N3O6. The summed E-state index contributed by atoms with van der Waals surface area (Å²) in [7, 11) is 0. The van der Waals surface area contributed by atoms with Crippen LogP contribution in [0, 0.1) is 31.6 Å². The summed E-state index contributed by atoms with van der Waals surface area (Å²) >= 11 is 0. The Morgan fingerprint density at radius 2 is 1.41 bits per heavy atom. The Hall–Kier alpha value is -4.71. The minimum Gasteiger partial charge on any atom is -0.490 e. The molecule has 3 aromatic rings. The highest BCUT2D eigenvalue weighted by molar-refractivity contribution is 5.89. The molecule has 3 aromatic carbocycles. The quantitative estimate of drug-likeness (QED) is 0.153. The Labute approximate surface area is 183 Å². The number of hydrogen-bond donors (Lipinski definition) is 0. The van der Waals surface area contributed by atoms with E-state index in [1.54, 1.807) is 24.3 Å². The van der Waals surface area contributed by atoms with Crippen LogP contribution in [0.3, 0.4) is 0 Å². The lowest BCUT2D eigenvalue weighted by molar-refractivity contribution is -0.385. The molecule has 0 bridgehead atoms. The minimum atomic E-state index is -0.494. The van der Waals surface area contributed by atoms with Crippen LogP contribution in [0.1, 0.15) is 11.1 Å². The Balaban J connectivity index is 1.59. The number of non-ortho nitro benzene ring substituents is 2. The van der Waals surface area contributed by atoms with Crippen molar-refractivity contribution in [3.63, 3.8) is 0 Å². The molecule has 0 spiro atoms. The second kappa shape index (κ2) is 10.4. The molecule has 3 rings (SSSR count). The predicted octanol–water partition coefficient (Wildman–Crippen LogP) is 5.02. The molecule has 0 aliphatic rings. The fraction of sp³-hybridized carbons (Fsp3) is 0.0870. The van der Waals surface area contributed by atoms with E-state index in [1.165, 1.54) is 48.5 Å². The van der Waals surface area contributed by atoms with Crippen LogP contribution in [0.5, 0.6) is 11.5 Å². The lowest BCUT2D eigenvalue weighted by Crippen LogP contribution is -2.09. The molecule has 160 valence electrons. The normalized spacial score (nSPS) is 10.8. The van der Waals surface area contributed by atoms with Crippen LogP contribution in [-0.2, 0) is 0 Å². The van der Waals surface area contributed by atoms with E-state index in [9.17, 15) is 25.5 Å². The Kier molecular flexibility index (Phi) is 7.12. The summed E-state index contributed by atoms with van der Waals surface area (Å²) in [5.41, 5.74) is 1.61. The average Bonchev–Trinajstić information content (AvgIpc) is 2.81. The van der Waals surface area contributed by atoms with Gasteiger partial charge in [0.2, 0.25) is 0 Å². The van der Waals surface area contributed by atoms with Gasteiger partial charge in [0.15, 0.2) is 0 Å². The summed E-state index contributed by atoms with van der Waals surface area (Å²) in [6, 6.07) is 20.8. The molecular weight excluding hydrogens is 414 g/mol. The van der Waals surface area contributed by atoms with Gasteiger partial charge < -0.3 is 9.47 Å². The molecule has 0 N–H and O–H groups in total. The fourth-order valence-electron chi connectivity index (χ4n) is 2.79. The van der Waals surface area contributed by atoms with E-state index in [1.807, 2.05) is 6.07 Å². The molecule has 0 heterocycles. The van der Waals surface area contributed by atoms with Gasteiger partial charge in [0.25, 0.3) is 11.4 Å². The topological polar surface area (TPSA) is 129 Å². The van der Waals surface area contributed by atoms with E-state index < -0.39 is 9.85 Å². The molecule has 0 aromatic heterocycles. The molecule has 9 heteroatoms. The van der Waals surface area contributed by atoms with Gasteiger partial charge in [-0.25, -0.2) is 0 Å². The van der Waals surface area contributed by atoms with Gasteiger partial charge in [-0.15, -0.1) is 0 Å². The third-order valence-corrected chi connectivity index (χ3v) is 4.35. The van der Waals surface area contributed by atoms with E-state index in [2.05, 4.69) is 6.07 Å². The van der Waals surface area contributed by atoms with E-state index in [0.717, 1.165) is 5.56 Å². The third-order valence-electron chi connectivity index (χ3n) is 4.35. The second-order valence-corrected chi connectivity index (χ2v) is 6.49. The van der Waals surface area contributed by atoms with E-state index in [4.69, 9.17) is 9.47 Å². The van der Waals surface area contributed by atoms with Gasteiger partial charge in [-0.05, 0) is 53.6 Å². The van der Waals surface area contributed by atoms with Gasteiger partial charge in [-0.1, -0.05) is 12.1 Å². The van der Waals surface area contributed by atoms with Crippen molar-refractivity contribution in [3.8, 4) is 17.6 Å². The number of allylic oxidation sites excluding steroid dienone is 1. The summed E-state index contributed by atoms with van der Waals surface area (Å²) < 4.78 is 11.2. The Morgan fingerprint density at radius 3 is 1.97 bits per heavy atom. The summed E-state index contributed by atoms with van der Waals surface area (Å²) in [6.07, 6.45) is 1.67. The lowest BCUT2D eigenvalue weighted by Gasteiger charge is -2.09. The van der Waals surface area contributed by atoms with Crippen molar-refractivity contribution >= 4 is 23.0 Å². The molecule has 0 unspecified atom stereocenters. The number of ether oxygens (including phenoxy) is 2. The highest BCUT2D eigenvalue weighted by atomic mass is 16.6. The highest BCUT2D eigenvalue weighted by Gasteiger charge is 2.08. The average molecular weight is 431 g/mol. The zero-order valence-electron chi connectivity index (χ0n) is 16.7. The van der Waals surface area contributed by atoms with Gasteiger partial charge >= 0.3 is 0 Å². The zero-order chi connectivity index (χ0) is 22.9. The van der Waals surface area contributed by atoms with E-state index in [-0.39, 0.29) is 24.6 Å². The number of rotatable bonds is 9. The van der Waals surface area contributed by atoms with Crippen LogP contribution < -0.4 is 9.47 Å². The van der Waals surface area contributed by atoms with Crippen LogP contribution >= 0.6 is 0 Å². The summed E-state index contributed by atoms with van der Waals surface area (Å²) in [5, 5.41) is 30.9. The number of nitrogens with zero attached hydrogens (tertiary/aromatic N) is 3. The Bertz CT molecular complexity index is 1180. The standard InChI is InChI=1S/C23H17N3O6/c24-16-19(18-4-6-20(7-5-18)25(27)28)14-17-2-1-3-23(15-17)32-13-12-31-22-10-8-21(9-11-22)26(29)30/h1-11,14-15H,12-13H2/b19-14+. The van der Waals surface area contributed by atoms with Gasteiger partial charge in [0.1, 0.15) is 24.7 Å². The molecule has 9 nitrogen and oxygen atoms in total. The lowest BCUT2D eigenvalue weighted by atomic mass is 10.0. The van der Waals surface area contributed by atoms with Crippen molar-refractivity contribution in [2.75, 3.05) is 13.2 Å². The monoisotopic (exact) mass is 431 g/mol. The van der Waals surface area contributed by atoms with Crippen molar-refractivity contribution < 1.29 is 19.3 Å². The van der Waals surface area contributed by atoms with Gasteiger partial charge in [0, 0.05) is 24.3 Å². The molecule has 0 saturated heterocycles. The van der Waals surface area contributed by atoms with Gasteiger partial charge in [0.05, 0.1) is 21.5 Å². The van der Waals surface area contributed by atoms with Gasteiger partial charge in [-0.2, -0.15) is 5.26 Å². The first-order valence-electron chi connectivity index (χ1n) is 9.43. The largest absolute Gasteiger partial charge is 0.490 e. The maximum atomic E-state index is 10.8. The van der Waals surface area contributed by atoms with Crippen LogP contribution in [0.25, 0.3) is 11.6 Å². The number of hydrogen-bond acceptors (Lipinski definition) is 7. The van der Waals surface area contributed by atoms with Crippen LogP contribution in [0.4, 0.5) is 11.4 Å². The first kappa shape index (κ1) is 22.0. The second-order valence-electron chi connectivity index (χ2n) is 6.49. The molecule has 0 aliphatic heterocycles. The highest BCUT2D eigenvalue weighted by Crippen LogP contribution is 2.23. The van der Waals surface area contributed by atoms with E-state index >= 15 is 0 Å². The maximum absolute atomic E-state index is 10.8. The summed E-state index contributed by atoms with van der Waals surface area (Å²) in [5.74, 6) is 1.07. The SMILES string of the molecule is N#C/C(=C\c1cccc(OCCOc2ccc([N+](=O)[O-])cc2)c1)c1ccc([N+](=O)[O-])cc1. The summed E-state index contributed by atoms with van der Waals surface area (Å²) in [6.45, 7) is 0.488. The number of nitro benzene ring substituents is 2. The molecule has 0 radical (unpaired) electrons. The molecule has 0 fully saturated rings. The van der Waals surface area contributed by atoms with E-state index in [0.29, 0.717) is 22.6 Å². The first-order valence-corrected chi connectivity index (χ1v) is 9.43. The predicted molar refractivity (Wildman–Crippen MR) is 117 cm³/mol. The third kappa shape index (κ3) is 5.90. The zero-order valence-corrected chi connectivity index (χ0v) is 16.7. The first-order chi connectivity index (χ1) is 15.5. The van der Waals surface area contributed by atoms with Crippen LogP contribution in [-0.4, -0.2) is 23.1 Å². The Morgan fingerprint density at radius 1 is 0.844 bits per heavy atom. The molecule has 0 saturated carbocycles. The number of nitriles is 1. The summed E-state index contributed by atoms with van der Waals surface area (Å²) in [4.78, 5) is 20.5.